The Kier molecular flexibility index (Phi) is 8.52. The zero-order valence-electron chi connectivity index (χ0n) is 20.0. The third-order valence-electron chi connectivity index (χ3n) is 6.74. The molecule has 3 fully saturated rings. The summed E-state index contributed by atoms with van der Waals surface area (Å²) in [5.41, 5.74) is -1.16. The van der Waals surface area contributed by atoms with Crippen LogP contribution in [0, 0.1) is 0 Å². The van der Waals surface area contributed by atoms with Crippen LogP contribution in [0.25, 0.3) is 0 Å². The average Bonchev–Trinajstić information content (AvgIpc) is 3.70. The predicted molar refractivity (Wildman–Crippen MR) is 118 cm³/mol. The largest absolute Gasteiger partial charge is 0.461 e. The van der Waals surface area contributed by atoms with Crippen molar-refractivity contribution in [3.8, 4) is 0 Å². The Morgan fingerprint density at radius 2 is 1.06 bits per heavy atom. The monoisotopic (exact) mass is 453 g/mol. The summed E-state index contributed by atoms with van der Waals surface area (Å²) in [5, 5.41) is 0. The third-order valence-corrected chi connectivity index (χ3v) is 6.74. The molecule has 0 aliphatic carbocycles. The van der Waals surface area contributed by atoms with Gasteiger partial charge in [-0.1, -0.05) is 6.92 Å². The van der Waals surface area contributed by atoms with Gasteiger partial charge in [-0.3, -0.25) is 29.1 Å². The van der Waals surface area contributed by atoms with Gasteiger partial charge < -0.3 is 14.2 Å². The highest BCUT2D eigenvalue weighted by Crippen LogP contribution is 2.22. The summed E-state index contributed by atoms with van der Waals surface area (Å²) in [6.45, 7) is 12.9. The number of hydrogen-bond donors (Lipinski definition) is 0. The summed E-state index contributed by atoms with van der Waals surface area (Å²) in [4.78, 5) is 43.5. The lowest BCUT2D eigenvalue weighted by atomic mass is 10.0. The molecule has 4 unspecified atom stereocenters. The Labute approximate surface area is 191 Å². The Morgan fingerprint density at radius 1 is 0.719 bits per heavy atom. The molecule has 9 heteroatoms. The second-order valence-electron chi connectivity index (χ2n) is 9.61. The molecule has 9 nitrogen and oxygen atoms in total. The van der Waals surface area contributed by atoms with Crippen LogP contribution in [0.1, 0.15) is 53.4 Å². The molecule has 3 saturated heterocycles. The molecule has 3 aliphatic rings. The van der Waals surface area contributed by atoms with Crippen LogP contribution < -0.4 is 0 Å². The molecule has 0 aromatic rings. The number of ether oxygens (including phenoxy) is 3. The van der Waals surface area contributed by atoms with Gasteiger partial charge in [0.2, 0.25) is 0 Å². The van der Waals surface area contributed by atoms with Crippen molar-refractivity contribution in [2.75, 3.05) is 52.5 Å². The van der Waals surface area contributed by atoms with E-state index in [2.05, 4.69) is 35.5 Å². The minimum Gasteiger partial charge on any atom is -0.461 e. The number of carbonyl (C=O) groups excluding carboxylic acids is 3. The smallest absolute Gasteiger partial charge is 0.307 e. The molecular formula is C23H39N3O6. The number of esters is 3. The molecule has 182 valence electrons. The summed E-state index contributed by atoms with van der Waals surface area (Å²) in [6.07, 6.45) is 1.22. The summed E-state index contributed by atoms with van der Waals surface area (Å²) in [6, 6.07) is 1.56. The van der Waals surface area contributed by atoms with Crippen molar-refractivity contribution in [2.24, 2.45) is 0 Å². The van der Waals surface area contributed by atoms with Crippen LogP contribution in [0.5, 0.6) is 0 Å². The van der Waals surface area contributed by atoms with E-state index in [-0.39, 0.29) is 37.5 Å². The first-order valence-corrected chi connectivity index (χ1v) is 12.0. The molecule has 0 aromatic carbocycles. The standard InChI is InChI=1S/C23H39N3O6/c1-5-23(32-22(29)8-11-26-14-19(26)4,15-30-20(27)6-9-24-12-17(24)2)16-31-21(28)7-10-25-13-18(25)3/h17-19H,5-16H2,1-4H3/t17-,18+,19-,23?,24?,25?,26?/m1/s1. The van der Waals surface area contributed by atoms with Gasteiger partial charge in [-0.2, -0.15) is 0 Å². The maximum absolute atomic E-state index is 12.5. The zero-order chi connectivity index (χ0) is 23.3. The number of carbonyl (C=O) groups is 3. The van der Waals surface area contributed by atoms with Crippen LogP contribution in [0.3, 0.4) is 0 Å². The van der Waals surface area contributed by atoms with Crippen LogP contribution >= 0.6 is 0 Å². The van der Waals surface area contributed by atoms with Crippen LogP contribution in [-0.4, -0.2) is 109 Å². The summed E-state index contributed by atoms with van der Waals surface area (Å²) in [7, 11) is 0. The molecule has 0 amide bonds. The van der Waals surface area contributed by atoms with Crippen molar-refractivity contribution in [2.45, 2.75) is 77.1 Å². The summed E-state index contributed by atoms with van der Waals surface area (Å²) >= 11 is 0. The molecule has 3 aliphatic heterocycles. The maximum atomic E-state index is 12.5. The van der Waals surface area contributed by atoms with Gasteiger partial charge in [0.25, 0.3) is 0 Å². The summed E-state index contributed by atoms with van der Waals surface area (Å²) in [5.74, 6) is -1.04. The van der Waals surface area contributed by atoms with Crippen molar-refractivity contribution in [1.29, 1.82) is 0 Å². The molecule has 0 aromatic heterocycles. The van der Waals surface area contributed by atoms with Crippen LogP contribution in [0.2, 0.25) is 0 Å². The summed E-state index contributed by atoms with van der Waals surface area (Å²) < 4.78 is 16.7. The number of hydrogen-bond acceptors (Lipinski definition) is 9. The first-order valence-electron chi connectivity index (χ1n) is 12.0. The fraction of sp³-hybridized carbons (Fsp3) is 0.870. The van der Waals surface area contributed by atoms with Crippen molar-refractivity contribution >= 4 is 17.9 Å². The van der Waals surface area contributed by atoms with Crippen LogP contribution in [0.4, 0.5) is 0 Å². The molecule has 32 heavy (non-hydrogen) atoms. The Hall–Kier alpha value is -1.71. The number of rotatable bonds is 15. The van der Waals surface area contributed by atoms with E-state index in [1.165, 1.54) is 0 Å². The predicted octanol–water partition coefficient (Wildman–Crippen LogP) is 1.05. The topological polar surface area (TPSA) is 87.9 Å². The van der Waals surface area contributed by atoms with Gasteiger partial charge in [0.05, 0.1) is 19.3 Å². The minimum absolute atomic E-state index is 0.111. The normalized spacial score (nSPS) is 31.9. The van der Waals surface area contributed by atoms with Crippen LogP contribution in [0.15, 0.2) is 0 Å². The molecule has 0 bridgehead atoms. The van der Waals surface area contributed by atoms with E-state index < -0.39 is 5.60 Å². The van der Waals surface area contributed by atoms with Crippen molar-refractivity contribution in [3.05, 3.63) is 0 Å². The lowest BCUT2D eigenvalue weighted by molar-refractivity contribution is -0.185. The van der Waals surface area contributed by atoms with Crippen LogP contribution in [-0.2, 0) is 28.6 Å². The first kappa shape index (κ1) is 24.9. The second kappa shape index (κ2) is 10.9. The lowest BCUT2D eigenvalue weighted by Gasteiger charge is -2.31. The number of nitrogens with zero attached hydrogens (tertiary/aromatic N) is 3. The van der Waals surface area contributed by atoms with Crippen molar-refractivity contribution < 1.29 is 28.6 Å². The Morgan fingerprint density at radius 3 is 1.38 bits per heavy atom. The van der Waals surface area contributed by atoms with E-state index in [4.69, 9.17) is 14.2 Å². The molecule has 0 N–H and O–H groups in total. The highest BCUT2D eigenvalue weighted by molar-refractivity contribution is 5.72. The van der Waals surface area contributed by atoms with Gasteiger partial charge in [0.1, 0.15) is 13.2 Å². The van der Waals surface area contributed by atoms with Crippen molar-refractivity contribution in [3.63, 3.8) is 0 Å². The van der Waals surface area contributed by atoms with Gasteiger partial charge >= 0.3 is 17.9 Å². The quantitative estimate of drug-likeness (QED) is 0.205. The molecule has 0 spiro atoms. The molecule has 0 radical (unpaired) electrons. The van der Waals surface area contributed by atoms with Gasteiger partial charge in [0, 0.05) is 57.4 Å². The van der Waals surface area contributed by atoms with Gasteiger partial charge in [0.15, 0.2) is 5.60 Å². The van der Waals surface area contributed by atoms with E-state index in [9.17, 15) is 14.4 Å². The Balaban J connectivity index is 1.48. The van der Waals surface area contributed by atoms with E-state index in [1.807, 2.05) is 6.92 Å². The Bertz CT molecular complexity index is 651. The first-order chi connectivity index (χ1) is 15.2. The second-order valence-corrected chi connectivity index (χ2v) is 9.61. The SMILES string of the molecule is CCC(COC(=O)CCN1C[C@H]1C)(COC(=O)CCN1C[C@@H]1C)OC(=O)CCN1C[C@H]1C. The van der Waals surface area contributed by atoms with E-state index in [0.717, 1.165) is 19.6 Å². The maximum Gasteiger partial charge on any atom is 0.307 e. The highest BCUT2D eigenvalue weighted by Gasteiger charge is 2.38. The molecule has 7 atom stereocenters. The fourth-order valence-electron chi connectivity index (χ4n) is 3.75. The van der Waals surface area contributed by atoms with E-state index in [1.54, 1.807) is 0 Å². The average molecular weight is 454 g/mol. The fourth-order valence-corrected chi connectivity index (χ4v) is 3.75. The molecular weight excluding hydrogens is 414 g/mol. The van der Waals surface area contributed by atoms with E-state index >= 15 is 0 Å². The van der Waals surface area contributed by atoms with Gasteiger partial charge in [-0.25, -0.2) is 0 Å². The highest BCUT2D eigenvalue weighted by atomic mass is 16.6. The lowest BCUT2D eigenvalue weighted by Crippen LogP contribution is -2.45. The van der Waals surface area contributed by atoms with Gasteiger partial charge in [-0.15, -0.1) is 0 Å². The van der Waals surface area contributed by atoms with Gasteiger partial charge in [-0.05, 0) is 27.2 Å². The third kappa shape index (κ3) is 8.01. The molecule has 0 saturated carbocycles. The zero-order valence-corrected chi connectivity index (χ0v) is 20.0. The molecule has 3 heterocycles. The van der Waals surface area contributed by atoms with Crippen molar-refractivity contribution in [1.82, 2.24) is 14.7 Å². The van der Waals surface area contributed by atoms with E-state index in [0.29, 0.717) is 57.0 Å². The minimum atomic E-state index is -1.16. The molecule has 3 rings (SSSR count).